The van der Waals surface area contributed by atoms with Crippen molar-refractivity contribution in [1.29, 1.82) is 5.26 Å². The molecule has 0 saturated carbocycles. The van der Waals surface area contributed by atoms with Crippen LogP contribution in [0.3, 0.4) is 0 Å². The van der Waals surface area contributed by atoms with Crippen LogP contribution in [0, 0.1) is 17.1 Å². The highest BCUT2D eigenvalue weighted by molar-refractivity contribution is 5.85. The van der Waals surface area contributed by atoms with E-state index in [1.165, 1.54) is 13.2 Å². The number of rotatable bonds is 4. The Labute approximate surface area is 132 Å². The van der Waals surface area contributed by atoms with Gasteiger partial charge in [-0.1, -0.05) is 0 Å². The lowest BCUT2D eigenvalue weighted by Gasteiger charge is -2.11. The summed E-state index contributed by atoms with van der Waals surface area (Å²) in [7, 11) is 2.69. The first-order valence-electron chi connectivity index (χ1n) is 6.48. The predicted molar refractivity (Wildman–Crippen MR) is 80.2 cm³/mol. The van der Waals surface area contributed by atoms with Crippen LogP contribution in [0.1, 0.15) is 5.56 Å². The molecule has 0 aliphatic carbocycles. The normalized spacial score (nSPS) is 9.65. The molecule has 1 N–H and O–H groups in total. The number of halogens is 1. The van der Waals surface area contributed by atoms with Gasteiger partial charge in [-0.15, -0.1) is 0 Å². The van der Waals surface area contributed by atoms with Crippen molar-refractivity contribution in [2.24, 2.45) is 0 Å². The van der Waals surface area contributed by atoms with E-state index in [2.05, 4.69) is 10.1 Å². The van der Waals surface area contributed by atoms with Crippen LogP contribution < -0.4 is 14.8 Å². The molecular formula is C16H13FN2O4. The van der Waals surface area contributed by atoms with Crippen LogP contribution in [0.5, 0.6) is 17.2 Å². The van der Waals surface area contributed by atoms with Gasteiger partial charge >= 0.3 is 6.09 Å². The fourth-order valence-electron chi connectivity index (χ4n) is 1.75. The highest BCUT2D eigenvalue weighted by atomic mass is 19.1. The zero-order chi connectivity index (χ0) is 16.8. The average Bonchev–Trinajstić information content (AvgIpc) is 2.58. The van der Waals surface area contributed by atoms with E-state index in [1.54, 1.807) is 24.3 Å². The number of nitriles is 1. The van der Waals surface area contributed by atoms with Crippen LogP contribution in [0.25, 0.3) is 0 Å². The number of hydrogen-bond donors (Lipinski definition) is 1. The maximum absolute atomic E-state index is 13.9. The zero-order valence-electron chi connectivity index (χ0n) is 12.4. The number of methoxy groups -OCH3 is 2. The molecule has 23 heavy (non-hydrogen) atoms. The van der Waals surface area contributed by atoms with E-state index in [0.29, 0.717) is 11.5 Å². The number of ether oxygens (including phenoxy) is 3. The molecule has 0 aliphatic rings. The molecule has 118 valence electrons. The predicted octanol–water partition coefficient (Wildman–Crippen LogP) is 3.68. The lowest BCUT2D eigenvalue weighted by Crippen LogP contribution is -2.12. The smallest absolute Gasteiger partial charge is 0.411 e. The number of nitrogens with one attached hydrogen (secondary N) is 1. The first-order chi connectivity index (χ1) is 11.1. The van der Waals surface area contributed by atoms with Gasteiger partial charge in [0.1, 0.15) is 29.1 Å². The molecule has 0 aromatic heterocycles. The number of anilines is 1. The monoisotopic (exact) mass is 316 g/mol. The lowest BCUT2D eigenvalue weighted by atomic mass is 10.2. The lowest BCUT2D eigenvalue weighted by molar-refractivity contribution is 0.187. The minimum absolute atomic E-state index is 0.00580. The molecule has 7 heteroatoms. The van der Waals surface area contributed by atoms with Crippen LogP contribution in [0.2, 0.25) is 0 Å². The van der Waals surface area contributed by atoms with E-state index >= 15 is 0 Å². The van der Waals surface area contributed by atoms with Crippen molar-refractivity contribution in [2.45, 2.75) is 0 Å². The Kier molecular flexibility index (Phi) is 5.00. The summed E-state index contributed by atoms with van der Waals surface area (Å²) in [5.41, 5.74) is -0.159. The molecule has 0 radical (unpaired) electrons. The third kappa shape index (κ3) is 3.89. The number of carbonyl (C=O) groups excluding carboxylic acids is 1. The van der Waals surface area contributed by atoms with Gasteiger partial charge in [-0.25, -0.2) is 9.18 Å². The Balaban J connectivity index is 2.33. The second kappa shape index (κ2) is 7.13. The van der Waals surface area contributed by atoms with Crippen molar-refractivity contribution >= 4 is 11.8 Å². The molecule has 0 spiro atoms. The summed E-state index contributed by atoms with van der Waals surface area (Å²) in [6.45, 7) is 0. The van der Waals surface area contributed by atoms with Gasteiger partial charge in [-0.2, -0.15) is 5.26 Å². The highest BCUT2D eigenvalue weighted by Crippen LogP contribution is 2.31. The fraction of sp³-hybridized carbons (Fsp3) is 0.125. The number of nitrogens with zero attached hydrogens (tertiary/aromatic N) is 1. The van der Waals surface area contributed by atoms with Crippen molar-refractivity contribution < 1.29 is 23.4 Å². The number of hydrogen-bond acceptors (Lipinski definition) is 5. The minimum atomic E-state index is -0.830. The highest BCUT2D eigenvalue weighted by Gasteiger charge is 2.14. The largest absolute Gasteiger partial charge is 0.497 e. The third-order valence-electron chi connectivity index (χ3n) is 2.90. The number of benzene rings is 2. The van der Waals surface area contributed by atoms with E-state index in [4.69, 9.17) is 14.7 Å². The molecule has 2 aromatic rings. The second-order valence-corrected chi connectivity index (χ2v) is 4.33. The van der Waals surface area contributed by atoms with Gasteiger partial charge in [-0.05, 0) is 30.3 Å². The minimum Gasteiger partial charge on any atom is -0.497 e. The maximum Gasteiger partial charge on any atom is 0.411 e. The van der Waals surface area contributed by atoms with Crippen LogP contribution in [0.4, 0.5) is 14.9 Å². The van der Waals surface area contributed by atoms with Gasteiger partial charge in [0.25, 0.3) is 0 Å². The van der Waals surface area contributed by atoms with Crippen LogP contribution in [-0.4, -0.2) is 20.3 Å². The molecule has 0 aliphatic heterocycles. The Bertz CT molecular complexity index is 754. The third-order valence-corrected chi connectivity index (χ3v) is 2.90. The van der Waals surface area contributed by atoms with Gasteiger partial charge in [0.2, 0.25) is 0 Å². The van der Waals surface area contributed by atoms with Gasteiger partial charge in [-0.3, -0.25) is 5.32 Å². The molecule has 6 nitrogen and oxygen atoms in total. The molecule has 0 bridgehead atoms. The van der Waals surface area contributed by atoms with E-state index in [0.717, 1.165) is 13.2 Å². The Hall–Kier alpha value is -3.27. The summed E-state index contributed by atoms with van der Waals surface area (Å²) in [5.74, 6) is 0.405. The molecule has 2 aromatic carbocycles. The quantitative estimate of drug-likeness (QED) is 0.930. The van der Waals surface area contributed by atoms with E-state index in [1.807, 2.05) is 6.07 Å². The summed E-state index contributed by atoms with van der Waals surface area (Å²) < 4.78 is 28.9. The molecule has 0 atom stereocenters. The molecule has 0 saturated heterocycles. The first kappa shape index (κ1) is 16.1. The van der Waals surface area contributed by atoms with Gasteiger partial charge < -0.3 is 14.2 Å². The molecule has 2 rings (SSSR count). The SMILES string of the molecule is COC(=O)Nc1cc(Oc2ccc(OC)cc2)c(C#N)cc1F. The molecular weight excluding hydrogens is 303 g/mol. The number of amides is 1. The van der Waals surface area contributed by atoms with Crippen LogP contribution >= 0.6 is 0 Å². The van der Waals surface area contributed by atoms with Crippen molar-refractivity contribution in [3.63, 3.8) is 0 Å². The molecule has 0 heterocycles. The summed E-state index contributed by atoms with van der Waals surface area (Å²) in [4.78, 5) is 11.2. The zero-order valence-corrected chi connectivity index (χ0v) is 12.4. The summed E-state index contributed by atoms with van der Waals surface area (Å²) in [6.07, 6.45) is -0.830. The van der Waals surface area contributed by atoms with E-state index < -0.39 is 11.9 Å². The molecule has 0 fully saturated rings. The van der Waals surface area contributed by atoms with E-state index in [9.17, 15) is 9.18 Å². The number of carbonyl (C=O) groups is 1. The maximum atomic E-state index is 13.9. The van der Waals surface area contributed by atoms with Gasteiger partial charge in [0.15, 0.2) is 0 Å². The second-order valence-electron chi connectivity index (χ2n) is 4.33. The van der Waals surface area contributed by atoms with Crippen molar-refractivity contribution in [2.75, 3.05) is 19.5 Å². The Morgan fingerprint density at radius 1 is 1.17 bits per heavy atom. The summed E-state index contributed by atoms with van der Waals surface area (Å²) in [5, 5.41) is 11.3. The molecule has 1 amide bonds. The van der Waals surface area contributed by atoms with Gasteiger partial charge in [0.05, 0.1) is 25.5 Å². The fourth-order valence-corrected chi connectivity index (χ4v) is 1.75. The van der Waals surface area contributed by atoms with Crippen molar-refractivity contribution in [1.82, 2.24) is 0 Å². The van der Waals surface area contributed by atoms with Crippen LogP contribution in [-0.2, 0) is 4.74 Å². The Morgan fingerprint density at radius 3 is 2.39 bits per heavy atom. The van der Waals surface area contributed by atoms with Gasteiger partial charge in [0, 0.05) is 6.07 Å². The van der Waals surface area contributed by atoms with Crippen LogP contribution in [0.15, 0.2) is 36.4 Å². The van der Waals surface area contributed by atoms with Crippen molar-refractivity contribution in [3.8, 4) is 23.3 Å². The van der Waals surface area contributed by atoms with E-state index in [-0.39, 0.29) is 17.0 Å². The molecule has 0 unspecified atom stereocenters. The average molecular weight is 316 g/mol. The topological polar surface area (TPSA) is 80.6 Å². The van der Waals surface area contributed by atoms with Crippen molar-refractivity contribution in [3.05, 3.63) is 47.8 Å². The standard InChI is InChI=1S/C16H13FN2O4/c1-21-11-3-5-12(6-4-11)23-15-8-14(19-16(20)22-2)13(17)7-10(15)9-18/h3-8H,1-2H3,(H,19,20). The summed E-state index contributed by atoms with van der Waals surface area (Å²) in [6, 6.07) is 10.7. The summed E-state index contributed by atoms with van der Waals surface area (Å²) >= 11 is 0. The first-order valence-corrected chi connectivity index (χ1v) is 6.48. The Morgan fingerprint density at radius 2 is 1.83 bits per heavy atom.